The van der Waals surface area contributed by atoms with Crippen molar-refractivity contribution in [2.24, 2.45) is 0 Å². The van der Waals surface area contributed by atoms with Crippen LogP contribution < -0.4 is 14.8 Å². The van der Waals surface area contributed by atoms with Gasteiger partial charge in [-0.3, -0.25) is 4.79 Å². The number of ether oxygens (including phenoxy) is 3. The van der Waals surface area contributed by atoms with Crippen molar-refractivity contribution in [1.82, 2.24) is 5.32 Å². The van der Waals surface area contributed by atoms with Gasteiger partial charge in [0.2, 0.25) is 0 Å². The highest BCUT2D eigenvalue weighted by Gasteiger charge is 2.41. The Labute approximate surface area is 211 Å². The quantitative estimate of drug-likeness (QED) is 0.384. The van der Waals surface area contributed by atoms with Crippen LogP contribution in [0.25, 0.3) is 0 Å². The maximum Gasteiger partial charge on any atom is 0.336 e. The molecule has 1 aliphatic carbocycles. The highest BCUT2D eigenvalue weighted by molar-refractivity contribution is 6.04. The molecule has 0 saturated carbocycles. The summed E-state index contributed by atoms with van der Waals surface area (Å²) in [5, 5.41) is 3.34. The Kier molecular flexibility index (Phi) is 7.77. The van der Waals surface area contributed by atoms with E-state index in [9.17, 15) is 14.0 Å². The van der Waals surface area contributed by atoms with Gasteiger partial charge in [-0.1, -0.05) is 31.5 Å². The fourth-order valence-corrected chi connectivity index (χ4v) is 5.03. The molecular weight excluding hydrogens is 461 g/mol. The third kappa shape index (κ3) is 5.01. The first-order valence-electron chi connectivity index (χ1n) is 12.3. The van der Waals surface area contributed by atoms with Crippen LogP contribution in [0.5, 0.6) is 11.5 Å². The second-order valence-corrected chi connectivity index (χ2v) is 9.17. The second kappa shape index (κ2) is 11.0. The molecule has 4 rings (SSSR count). The molecule has 0 saturated heterocycles. The molecule has 0 unspecified atom stereocenters. The summed E-state index contributed by atoms with van der Waals surface area (Å²) in [5.74, 6) is -0.332. The van der Waals surface area contributed by atoms with Crippen molar-refractivity contribution < 1.29 is 28.2 Å². The number of dihydropyridines is 1. The molecule has 1 aliphatic heterocycles. The number of ketones is 1. The molecule has 2 aliphatic rings. The minimum Gasteiger partial charge on any atom is -0.493 e. The summed E-state index contributed by atoms with van der Waals surface area (Å²) in [6, 6.07) is 11.7. The molecule has 0 radical (unpaired) electrons. The largest absolute Gasteiger partial charge is 0.493 e. The Bertz CT molecular complexity index is 1210. The Morgan fingerprint density at radius 3 is 2.39 bits per heavy atom. The van der Waals surface area contributed by atoms with E-state index in [1.807, 2.05) is 32.0 Å². The number of allylic oxidation sites excluding steroid dienone is 3. The Balaban J connectivity index is 1.73. The van der Waals surface area contributed by atoms with E-state index >= 15 is 0 Å². The summed E-state index contributed by atoms with van der Waals surface area (Å²) < 4.78 is 30.1. The van der Waals surface area contributed by atoms with E-state index in [0.29, 0.717) is 46.9 Å². The number of rotatable bonds is 8. The summed E-state index contributed by atoms with van der Waals surface area (Å²) in [6.45, 7) is 4.15. The third-order valence-electron chi connectivity index (χ3n) is 6.86. The van der Waals surface area contributed by atoms with Crippen LogP contribution in [-0.2, 0) is 14.3 Å². The predicted molar refractivity (Wildman–Crippen MR) is 134 cm³/mol. The molecule has 2 aromatic rings. The van der Waals surface area contributed by atoms with Crippen molar-refractivity contribution in [3.05, 3.63) is 81.9 Å². The van der Waals surface area contributed by atoms with Crippen molar-refractivity contribution in [3.63, 3.8) is 0 Å². The Morgan fingerprint density at radius 2 is 1.72 bits per heavy atom. The van der Waals surface area contributed by atoms with Crippen LogP contribution in [0.3, 0.4) is 0 Å². The molecule has 0 spiro atoms. The molecule has 6 nitrogen and oxygen atoms in total. The van der Waals surface area contributed by atoms with E-state index in [2.05, 4.69) is 5.32 Å². The van der Waals surface area contributed by atoms with Crippen molar-refractivity contribution in [1.29, 1.82) is 0 Å². The summed E-state index contributed by atoms with van der Waals surface area (Å²) in [6.07, 6.45) is 2.53. The lowest BCUT2D eigenvalue weighted by atomic mass is 9.71. The van der Waals surface area contributed by atoms with E-state index in [1.165, 1.54) is 12.1 Å². The minimum atomic E-state index is -0.616. The van der Waals surface area contributed by atoms with E-state index in [4.69, 9.17) is 14.2 Å². The van der Waals surface area contributed by atoms with Crippen LogP contribution in [-0.4, -0.2) is 32.6 Å². The standard InChI is InChI=1S/C29H32FNO5/c1-5-6-13-36-29(33)26-17(2)31-22-14-20(19-9-12-24(34-3)25(16-19)35-4)15-23(32)28(22)27(26)18-7-10-21(30)11-8-18/h7-12,16,20,27,31H,5-6,13-15H2,1-4H3/t20-,27+/m0/s1. The molecule has 0 bridgehead atoms. The number of esters is 1. The zero-order valence-corrected chi connectivity index (χ0v) is 21.2. The number of hydrogen-bond donors (Lipinski definition) is 1. The number of benzene rings is 2. The van der Waals surface area contributed by atoms with Crippen LogP contribution in [0.2, 0.25) is 0 Å². The topological polar surface area (TPSA) is 73.9 Å². The van der Waals surface area contributed by atoms with Gasteiger partial charge >= 0.3 is 5.97 Å². The minimum absolute atomic E-state index is 0.0516. The lowest BCUT2D eigenvalue weighted by molar-refractivity contribution is -0.139. The third-order valence-corrected chi connectivity index (χ3v) is 6.86. The predicted octanol–water partition coefficient (Wildman–Crippen LogP) is 5.55. The van der Waals surface area contributed by atoms with Crippen LogP contribution in [0.15, 0.2) is 65.0 Å². The summed E-state index contributed by atoms with van der Waals surface area (Å²) in [7, 11) is 3.17. The number of hydrogen-bond acceptors (Lipinski definition) is 6. The number of carbonyl (C=O) groups excluding carboxylic acids is 2. The molecule has 0 fully saturated rings. The molecule has 0 aromatic heterocycles. The van der Waals surface area contributed by atoms with Crippen LogP contribution >= 0.6 is 0 Å². The number of halogens is 1. The maximum atomic E-state index is 13.7. The normalized spacial score (nSPS) is 19.5. The molecule has 190 valence electrons. The Morgan fingerprint density at radius 1 is 1.03 bits per heavy atom. The maximum absolute atomic E-state index is 13.7. The molecule has 2 aromatic carbocycles. The van der Waals surface area contributed by atoms with Gasteiger partial charge in [0.05, 0.1) is 26.4 Å². The molecule has 7 heteroatoms. The molecule has 2 atom stereocenters. The van der Waals surface area contributed by atoms with Crippen molar-refractivity contribution in [3.8, 4) is 11.5 Å². The van der Waals surface area contributed by atoms with Crippen LogP contribution in [0, 0.1) is 5.82 Å². The van der Waals surface area contributed by atoms with Gasteiger partial charge in [0.25, 0.3) is 0 Å². The second-order valence-electron chi connectivity index (χ2n) is 9.17. The first kappa shape index (κ1) is 25.5. The van der Waals surface area contributed by atoms with Gasteiger partial charge in [0, 0.05) is 29.3 Å². The lowest BCUT2D eigenvalue weighted by Gasteiger charge is -2.36. The number of carbonyl (C=O) groups is 2. The van der Waals surface area contributed by atoms with E-state index in [1.54, 1.807) is 26.4 Å². The average molecular weight is 494 g/mol. The highest BCUT2D eigenvalue weighted by Crippen LogP contribution is 2.46. The van der Waals surface area contributed by atoms with Crippen LogP contribution in [0.1, 0.15) is 62.5 Å². The summed E-state index contributed by atoms with van der Waals surface area (Å²) in [5.41, 5.74) is 4.03. The molecule has 0 amide bonds. The van der Waals surface area contributed by atoms with Crippen molar-refractivity contribution in [2.45, 2.75) is 51.4 Å². The lowest BCUT2D eigenvalue weighted by Crippen LogP contribution is -2.36. The van der Waals surface area contributed by atoms with E-state index in [-0.39, 0.29) is 23.9 Å². The van der Waals surface area contributed by atoms with Gasteiger partial charge in [0.1, 0.15) is 5.82 Å². The number of methoxy groups -OCH3 is 2. The zero-order chi connectivity index (χ0) is 25.8. The van der Waals surface area contributed by atoms with Gasteiger partial charge < -0.3 is 19.5 Å². The smallest absolute Gasteiger partial charge is 0.336 e. The number of Topliss-reactive ketones (excluding diaryl/α,β-unsaturated/α-hetero) is 1. The van der Waals surface area contributed by atoms with Crippen molar-refractivity contribution >= 4 is 11.8 Å². The first-order valence-corrected chi connectivity index (χ1v) is 12.3. The molecule has 1 N–H and O–H groups in total. The molecule has 1 heterocycles. The zero-order valence-electron chi connectivity index (χ0n) is 21.2. The molecular formula is C29H32FNO5. The van der Waals surface area contributed by atoms with E-state index in [0.717, 1.165) is 24.1 Å². The van der Waals surface area contributed by atoms with Gasteiger partial charge in [0.15, 0.2) is 17.3 Å². The summed E-state index contributed by atoms with van der Waals surface area (Å²) in [4.78, 5) is 26.9. The van der Waals surface area contributed by atoms with Crippen LogP contribution in [0.4, 0.5) is 4.39 Å². The van der Waals surface area contributed by atoms with Gasteiger partial charge in [-0.2, -0.15) is 0 Å². The number of nitrogens with one attached hydrogen (secondary N) is 1. The van der Waals surface area contributed by atoms with Crippen molar-refractivity contribution in [2.75, 3.05) is 20.8 Å². The van der Waals surface area contributed by atoms with Gasteiger partial charge in [-0.15, -0.1) is 0 Å². The molecule has 36 heavy (non-hydrogen) atoms. The monoisotopic (exact) mass is 493 g/mol. The first-order chi connectivity index (χ1) is 17.4. The number of unbranched alkanes of at least 4 members (excludes halogenated alkanes) is 1. The van der Waals surface area contributed by atoms with Gasteiger partial charge in [-0.25, -0.2) is 9.18 Å². The SMILES string of the molecule is CCCCOC(=O)C1=C(C)NC2=C(C(=O)C[C@@H](c3ccc(OC)c(OC)c3)C2)[C@@H]1c1ccc(F)cc1. The fourth-order valence-electron chi connectivity index (χ4n) is 5.03. The van der Waals surface area contributed by atoms with Gasteiger partial charge in [-0.05, 0) is 61.1 Å². The summed E-state index contributed by atoms with van der Waals surface area (Å²) >= 11 is 0. The fraction of sp³-hybridized carbons (Fsp3) is 0.379. The average Bonchev–Trinajstić information content (AvgIpc) is 2.87. The highest BCUT2D eigenvalue weighted by atomic mass is 19.1. The Hall–Kier alpha value is -3.61. The van der Waals surface area contributed by atoms with E-state index < -0.39 is 11.9 Å².